The minimum Gasteiger partial charge on any atom is -0.493 e. The van der Waals surface area contributed by atoms with Crippen molar-refractivity contribution in [2.75, 3.05) is 14.2 Å². The third-order valence-electron chi connectivity index (χ3n) is 4.05. The summed E-state index contributed by atoms with van der Waals surface area (Å²) in [5.41, 5.74) is 4.02. The Morgan fingerprint density at radius 1 is 1.26 bits per heavy atom. The molecule has 1 unspecified atom stereocenters. The van der Waals surface area contributed by atoms with E-state index in [0.717, 1.165) is 29.4 Å². The highest BCUT2D eigenvalue weighted by molar-refractivity contribution is 5.48. The summed E-state index contributed by atoms with van der Waals surface area (Å²) < 4.78 is 10.8. The number of hydrogen-bond acceptors (Lipinski definition) is 4. The topological polar surface area (TPSA) is 56.5 Å². The van der Waals surface area contributed by atoms with Gasteiger partial charge in [-0.3, -0.25) is 11.3 Å². The molecule has 19 heavy (non-hydrogen) atoms. The van der Waals surface area contributed by atoms with Gasteiger partial charge in [-0.2, -0.15) is 0 Å². The molecule has 0 aliphatic heterocycles. The fraction of sp³-hybridized carbons (Fsp3) is 0.600. The average molecular weight is 264 g/mol. The van der Waals surface area contributed by atoms with Crippen molar-refractivity contribution in [2.45, 2.75) is 38.1 Å². The van der Waals surface area contributed by atoms with Gasteiger partial charge in [-0.05, 0) is 18.4 Å². The predicted molar refractivity (Wildman–Crippen MR) is 76.2 cm³/mol. The van der Waals surface area contributed by atoms with Crippen LogP contribution in [-0.2, 0) is 0 Å². The Labute approximate surface area is 115 Å². The number of ether oxygens (including phenoxy) is 2. The molecule has 1 fully saturated rings. The molecule has 0 aromatic heterocycles. The molecule has 4 nitrogen and oxygen atoms in total. The summed E-state index contributed by atoms with van der Waals surface area (Å²) in [6.45, 7) is 0. The molecule has 0 bridgehead atoms. The lowest BCUT2D eigenvalue weighted by molar-refractivity contribution is 0.337. The number of benzene rings is 1. The van der Waals surface area contributed by atoms with Crippen LogP contribution in [0.4, 0.5) is 0 Å². The van der Waals surface area contributed by atoms with Gasteiger partial charge in [-0.15, -0.1) is 0 Å². The Hall–Kier alpha value is -1.26. The molecule has 1 atom stereocenters. The maximum Gasteiger partial charge on any atom is 0.165 e. The van der Waals surface area contributed by atoms with Crippen molar-refractivity contribution < 1.29 is 9.47 Å². The molecule has 0 radical (unpaired) electrons. The lowest BCUT2D eigenvalue weighted by Gasteiger charge is -2.23. The zero-order valence-corrected chi connectivity index (χ0v) is 11.8. The fourth-order valence-corrected chi connectivity index (χ4v) is 3.05. The van der Waals surface area contributed by atoms with Gasteiger partial charge in [-0.25, -0.2) is 0 Å². The molecular formula is C15H24N2O2. The molecule has 0 spiro atoms. The van der Waals surface area contributed by atoms with E-state index in [2.05, 4.69) is 11.5 Å². The van der Waals surface area contributed by atoms with Crippen molar-refractivity contribution in [1.29, 1.82) is 0 Å². The first-order chi connectivity index (χ1) is 9.30. The monoisotopic (exact) mass is 264 g/mol. The van der Waals surface area contributed by atoms with E-state index in [-0.39, 0.29) is 6.04 Å². The molecule has 0 heterocycles. The summed E-state index contributed by atoms with van der Waals surface area (Å²) in [5, 5.41) is 0. The van der Waals surface area contributed by atoms with Crippen LogP contribution >= 0.6 is 0 Å². The molecule has 1 saturated carbocycles. The van der Waals surface area contributed by atoms with E-state index in [1.54, 1.807) is 14.2 Å². The third-order valence-corrected chi connectivity index (χ3v) is 4.05. The first-order valence-electron chi connectivity index (χ1n) is 6.97. The van der Waals surface area contributed by atoms with Crippen LogP contribution in [0.5, 0.6) is 11.5 Å². The molecule has 2 rings (SSSR count). The third kappa shape index (κ3) is 3.19. The van der Waals surface area contributed by atoms with Crippen molar-refractivity contribution in [3.05, 3.63) is 23.8 Å². The molecule has 106 valence electrons. The largest absolute Gasteiger partial charge is 0.493 e. The summed E-state index contributed by atoms with van der Waals surface area (Å²) in [4.78, 5) is 0. The fourth-order valence-electron chi connectivity index (χ4n) is 3.05. The van der Waals surface area contributed by atoms with Crippen LogP contribution < -0.4 is 20.7 Å². The molecule has 3 N–H and O–H groups in total. The van der Waals surface area contributed by atoms with Gasteiger partial charge in [0.1, 0.15) is 0 Å². The van der Waals surface area contributed by atoms with Crippen LogP contribution in [0, 0.1) is 5.92 Å². The lowest BCUT2D eigenvalue weighted by atomic mass is 9.93. The van der Waals surface area contributed by atoms with Gasteiger partial charge in [0.15, 0.2) is 11.5 Å². The van der Waals surface area contributed by atoms with Gasteiger partial charge in [0, 0.05) is 5.56 Å². The molecule has 4 heteroatoms. The zero-order valence-electron chi connectivity index (χ0n) is 11.8. The summed E-state index contributed by atoms with van der Waals surface area (Å²) in [6, 6.07) is 6.07. The summed E-state index contributed by atoms with van der Waals surface area (Å²) in [7, 11) is 3.33. The Morgan fingerprint density at radius 3 is 2.58 bits per heavy atom. The molecule has 1 aliphatic rings. The normalized spacial score (nSPS) is 17.4. The molecular weight excluding hydrogens is 240 g/mol. The number of nitrogens with one attached hydrogen (secondary N) is 1. The van der Waals surface area contributed by atoms with E-state index in [9.17, 15) is 0 Å². The van der Waals surface area contributed by atoms with Crippen LogP contribution in [0.1, 0.15) is 43.7 Å². The minimum absolute atomic E-state index is 0.119. The van der Waals surface area contributed by atoms with Gasteiger partial charge < -0.3 is 9.47 Å². The summed E-state index contributed by atoms with van der Waals surface area (Å²) >= 11 is 0. The Balaban J connectivity index is 2.21. The van der Waals surface area contributed by atoms with Crippen LogP contribution in [0.15, 0.2) is 18.2 Å². The number of hydrazine groups is 1. The van der Waals surface area contributed by atoms with Crippen molar-refractivity contribution in [2.24, 2.45) is 11.8 Å². The number of para-hydroxylation sites is 1. The van der Waals surface area contributed by atoms with E-state index in [1.807, 2.05) is 12.1 Å². The quantitative estimate of drug-likeness (QED) is 0.613. The predicted octanol–water partition coefficient (Wildman–Crippen LogP) is 2.79. The van der Waals surface area contributed by atoms with E-state index >= 15 is 0 Å². The van der Waals surface area contributed by atoms with Crippen molar-refractivity contribution in [1.82, 2.24) is 5.43 Å². The van der Waals surface area contributed by atoms with Crippen molar-refractivity contribution >= 4 is 0 Å². The second-order valence-electron chi connectivity index (χ2n) is 5.19. The van der Waals surface area contributed by atoms with Gasteiger partial charge in [-0.1, -0.05) is 37.8 Å². The zero-order chi connectivity index (χ0) is 13.7. The number of hydrogen-bond donors (Lipinski definition) is 2. The maximum atomic E-state index is 5.75. The Kier molecular flexibility index (Phi) is 5.05. The van der Waals surface area contributed by atoms with Gasteiger partial charge >= 0.3 is 0 Å². The van der Waals surface area contributed by atoms with Gasteiger partial charge in [0.2, 0.25) is 0 Å². The van der Waals surface area contributed by atoms with Crippen molar-refractivity contribution in [3.8, 4) is 11.5 Å². The Bertz CT molecular complexity index is 403. The van der Waals surface area contributed by atoms with Gasteiger partial charge in [0.05, 0.1) is 20.3 Å². The summed E-state index contributed by atoms with van der Waals surface area (Å²) in [6.07, 6.45) is 6.36. The van der Waals surface area contributed by atoms with Crippen LogP contribution in [0.2, 0.25) is 0 Å². The highest BCUT2D eigenvalue weighted by atomic mass is 16.5. The maximum absolute atomic E-state index is 5.75. The van der Waals surface area contributed by atoms with Crippen molar-refractivity contribution in [3.63, 3.8) is 0 Å². The molecule has 1 aliphatic carbocycles. The number of nitrogens with two attached hydrogens (primary N) is 1. The lowest BCUT2D eigenvalue weighted by Crippen LogP contribution is -2.29. The van der Waals surface area contributed by atoms with Crippen LogP contribution in [0.3, 0.4) is 0 Å². The number of rotatable bonds is 6. The number of methoxy groups -OCH3 is 2. The first kappa shape index (κ1) is 14.2. The smallest absolute Gasteiger partial charge is 0.165 e. The van der Waals surface area contributed by atoms with E-state index in [1.165, 1.54) is 25.7 Å². The minimum atomic E-state index is 0.119. The van der Waals surface area contributed by atoms with E-state index in [0.29, 0.717) is 0 Å². The molecule has 1 aromatic rings. The second-order valence-corrected chi connectivity index (χ2v) is 5.19. The SMILES string of the molecule is COc1cccc(C(CC2CCCC2)NN)c1OC. The molecule has 0 saturated heterocycles. The first-order valence-corrected chi connectivity index (χ1v) is 6.97. The summed E-state index contributed by atoms with van der Waals surface area (Å²) in [5.74, 6) is 8.05. The molecule has 0 amide bonds. The van der Waals surface area contributed by atoms with Crippen LogP contribution in [0.25, 0.3) is 0 Å². The van der Waals surface area contributed by atoms with E-state index < -0.39 is 0 Å². The highest BCUT2D eigenvalue weighted by Gasteiger charge is 2.23. The van der Waals surface area contributed by atoms with Gasteiger partial charge in [0.25, 0.3) is 0 Å². The average Bonchev–Trinajstić information content (AvgIpc) is 2.96. The van der Waals surface area contributed by atoms with E-state index in [4.69, 9.17) is 15.3 Å². The van der Waals surface area contributed by atoms with Crippen LogP contribution in [-0.4, -0.2) is 14.2 Å². The highest BCUT2D eigenvalue weighted by Crippen LogP contribution is 2.39. The second kappa shape index (κ2) is 6.78. The Morgan fingerprint density at radius 2 is 2.00 bits per heavy atom. The standard InChI is InChI=1S/C15H24N2O2/c1-18-14-9-5-8-12(15(14)19-2)13(17-16)10-11-6-3-4-7-11/h5,8-9,11,13,17H,3-4,6-7,10,16H2,1-2H3. The molecule has 1 aromatic carbocycles.